The number of rotatable bonds is 5. The van der Waals surface area contributed by atoms with Gasteiger partial charge in [-0.1, -0.05) is 36.9 Å². The standard InChI is InChI=1S/C20H16F3N3/c1-3-17(19(13-24)25-2)18-9-5-8-16(26-18)11-10-14-6-4-7-15(12-14)20(21,22)23/h3-12,25H,1H2,2H3/b11-10+,19-17+. The molecule has 1 aromatic heterocycles. The Morgan fingerprint density at radius 2 is 1.92 bits per heavy atom. The van der Waals surface area contributed by atoms with E-state index in [9.17, 15) is 13.2 Å². The summed E-state index contributed by atoms with van der Waals surface area (Å²) in [5.74, 6) is 0. The topological polar surface area (TPSA) is 48.7 Å². The SMILES string of the molecule is C=C/C(=C(/C#N)NC)c1cccc(/C=C/c2cccc(C(F)(F)F)c2)n1. The van der Waals surface area contributed by atoms with Crippen molar-refractivity contribution in [2.75, 3.05) is 7.05 Å². The number of allylic oxidation sites excluding steroid dienone is 3. The number of pyridine rings is 1. The van der Waals surface area contributed by atoms with Crippen LogP contribution in [0.25, 0.3) is 17.7 Å². The van der Waals surface area contributed by atoms with Gasteiger partial charge in [-0.05, 0) is 35.9 Å². The molecule has 0 aliphatic carbocycles. The second-order valence-electron chi connectivity index (χ2n) is 5.26. The van der Waals surface area contributed by atoms with E-state index in [1.54, 1.807) is 43.5 Å². The average Bonchev–Trinajstić information content (AvgIpc) is 2.64. The Balaban J connectivity index is 2.35. The number of nitrogens with one attached hydrogen (secondary N) is 1. The minimum Gasteiger partial charge on any atom is -0.379 e. The van der Waals surface area contributed by atoms with Crippen LogP contribution in [-0.2, 0) is 6.18 Å². The molecule has 26 heavy (non-hydrogen) atoms. The van der Waals surface area contributed by atoms with Crippen LogP contribution in [0.2, 0.25) is 0 Å². The van der Waals surface area contributed by atoms with Crippen molar-refractivity contribution >= 4 is 17.7 Å². The molecular weight excluding hydrogens is 339 g/mol. The van der Waals surface area contributed by atoms with E-state index in [1.807, 2.05) is 6.07 Å². The lowest BCUT2D eigenvalue weighted by atomic mass is 10.1. The van der Waals surface area contributed by atoms with Crippen molar-refractivity contribution in [2.45, 2.75) is 6.18 Å². The Morgan fingerprint density at radius 1 is 1.19 bits per heavy atom. The Labute approximate surface area is 149 Å². The molecule has 0 saturated heterocycles. The Hall–Kier alpha value is -3.33. The Kier molecular flexibility index (Phi) is 5.97. The third-order valence-corrected chi connectivity index (χ3v) is 3.54. The highest BCUT2D eigenvalue weighted by Gasteiger charge is 2.30. The molecule has 0 amide bonds. The van der Waals surface area contributed by atoms with Gasteiger partial charge in [-0.3, -0.25) is 0 Å². The van der Waals surface area contributed by atoms with Gasteiger partial charge in [0.2, 0.25) is 0 Å². The van der Waals surface area contributed by atoms with Gasteiger partial charge in [0.25, 0.3) is 0 Å². The van der Waals surface area contributed by atoms with Crippen LogP contribution >= 0.6 is 0 Å². The number of benzene rings is 1. The smallest absolute Gasteiger partial charge is 0.379 e. The van der Waals surface area contributed by atoms with Crippen molar-refractivity contribution in [3.63, 3.8) is 0 Å². The summed E-state index contributed by atoms with van der Waals surface area (Å²) >= 11 is 0. The first kappa shape index (κ1) is 19.0. The molecule has 0 spiro atoms. The summed E-state index contributed by atoms with van der Waals surface area (Å²) in [6, 6.07) is 12.3. The highest BCUT2D eigenvalue weighted by Crippen LogP contribution is 2.29. The molecule has 0 bridgehead atoms. The van der Waals surface area contributed by atoms with Gasteiger partial charge in [0.1, 0.15) is 11.8 Å². The molecule has 1 heterocycles. The molecule has 0 fully saturated rings. The normalized spacial score (nSPS) is 12.4. The summed E-state index contributed by atoms with van der Waals surface area (Å²) in [6.07, 6.45) is 0.317. The van der Waals surface area contributed by atoms with Crippen LogP contribution in [0.4, 0.5) is 13.2 Å². The quantitative estimate of drug-likeness (QED) is 0.612. The Bertz CT molecular complexity index is 903. The lowest BCUT2D eigenvalue weighted by Crippen LogP contribution is -2.07. The van der Waals surface area contributed by atoms with Crippen molar-refractivity contribution in [1.29, 1.82) is 5.26 Å². The van der Waals surface area contributed by atoms with Gasteiger partial charge in [-0.2, -0.15) is 18.4 Å². The molecule has 132 valence electrons. The molecule has 6 heteroatoms. The first-order valence-corrected chi connectivity index (χ1v) is 7.66. The molecule has 0 aliphatic heterocycles. The van der Waals surface area contributed by atoms with E-state index in [1.165, 1.54) is 12.1 Å². The van der Waals surface area contributed by atoms with Crippen molar-refractivity contribution < 1.29 is 13.2 Å². The average molecular weight is 355 g/mol. The minimum atomic E-state index is -4.38. The molecule has 2 aromatic rings. The molecular formula is C20H16F3N3. The van der Waals surface area contributed by atoms with Gasteiger partial charge in [-0.15, -0.1) is 0 Å². The lowest BCUT2D eigenvalue weighted by molar-refractivity contribution is -0.137. The summed E-state index contributed by atoms with van der Waals surface area (Å²) in [6.45, 7) is 3.70. The number of alkyl halides is 3. The van der Waals surface area contributed by atoms with E-state index in [2.05, 4.69) is 16.9 Å². The number of nitriles is 1. The van der Waals surface area contributed by atoms with Gasteiger partial charge in [0, 0.05) is 12.6 Å². The van der Waals surface area contributed by atoms with Gasteiger partial charge in [-0.25, -0.2) is 4.98 Å². The minimum absolute atomic E-state index is 0.325. The predicted octanol–water partition coefficient (Wildman–Crippen LogP) is 4.91. The van der Waals surface area contributed by atoms with Crippen LogP contribution in [0.15, 0.2) is 60.8 Å². The molecule has 0 unspecified atom stereocenters. The van der Waals surface area contributed by atoms with Crippen molar-refractivity contribution in [3.05, 3.63) is 83.3 Å². The third kappa shape index (κ3) is 4.61. The number of hydrogen-bond donors (Lipinski definition) is 1. The number of nitrogens with zero attached hydrogens (tertiary/aromatic N) is 2. The van der Waals surface area contributed by atoms with Crippen molar-refractivity contribution in [1.82, 2.24) is 10.3 Å². The zero-order valence-corrected chi connectivity index (χ0v) is 14.0. The van der Waals surface area contributed by atoms with Gasteiger partial charge in [0.15, 0.2) is 0 Å². The summed E-state index contributed by atoms with van der Waals surface area (Å²) in [7, 11) is 1.62. The first-order valence-electron chi connectivity index (χ1n) is 7.66. The maximum atomic E-state index is 12.8. The Morgan fingerprint density at radius 3 is 2.54 bits per heavy atom. The zero-order chi connectivity index (χ0) is 19.2. The largest absolute Gasteiger partial charge is 0.416 e. The van der Waals surface area contributed by atoms with Crippen LogP contribution in [0.3, 0.4) is 0 Å². The molecule has 0 radical (unpaired) electrons. The molecule has 2 rings (SSSR count). The van der Waals surface area contributed by atoms with Crippen LogP contribution < -0.4 is 5.32 Å². The zero-order valence-electron chi connectivity index (χ0n) is 14.0. The second kappa shape index (κ2) is 8.17. The number of aromatic nitrogens is 1. The highest BCUT2D eigenvalue weighted by molar-refractivity contribution is 5.77. The molecule has 0 atom stereocenters. The van der Waals surface area contributed by atoms with Crippen LogP contribution in [0, 0.1) is 11.3 Å². The predicted molar refractivity (Wildman–Crippen MR) is 96.4 cm³/mol. The number of halogens is 3. The van der Waals surface area contributed by atoms with E-state index >= 15 is 0 Å². The second-order valence-corrected chi connectivity index (χ2v) is 5.26. The van der Waals surface area contributed by atoms with Crippen LogP contribution in [0.5, 0.6) is 0 Å². The van der Waals surface area contributed by atoms with E-state index in [0.717, 1.165) is 12.1 Å². The van der Waals surface area contributed by atoms with E-state index in [4.69, 9.17) is 5.26 Å². The fourth-order valence-corrected chi connectivity index (χ4v) is 2.28. The van der Waals surface area contributed by atoms with Crippen molar-refractivity contribution in [3.8, 4) is 6.07 Å². The molecule has 0 saturated carbocycles. The fraction of sp³-hybridized carbons (Fsp3) is 0.100. The van der Waals surface area contributed by atoms with E-state index in [0.29, 0.717) is 28.2 Å². The summed E-state index contributed by atoms with van der Waals surface area (Å²) in [5, 5.41) is 11.9. The molecule has 3 nitrogen and oxygen atoms in total. The van der Waals surface area contributed by atoms with Crippen LogP contribution in [-0.4, -0.2) is 12.0 Å². The van der Waals surface area contributed by atoms with Gasteiger partial charge in [0.05, 0.1) is 17.0 Å². The molecule has 0 aliphatic rings. The van der Waals surface area contributed by atoms with Crippen LogP contribution in [0.1, 0.15) is 22.5 Å². The van der Waals surface area contributed by atoms with E-state index < -0.39 is 11.7 Å². The molecule has 1 N–H and O–H groups in total. The lowest BCUT2D eigenvalue weighted by Gasteiger charge is -2.07. The summed E-state index contributed by atoms with van der Waals surface area (Å²) in [4.78, 5) is 4.42. The van der Waals surface area contributed by atoms with Gasteiger partial charge < -0.3 is 5.32 Å². The van der Waals surface area contributed by atoms with E-state index in [-0.39, 0.29) is 0 Å². The van der Waals surface area contributed by atoms with Gasteiger partial charge >= 0.3 is 6.18 Å². The summed E-state index contributed by atoms with van der Waals surface area (Å²) in [5.41, 5.74) is 1.67. The maximum Gasteiger partial charge on any atom is 0.416 e. The van der Waals surface area contributed by atoms with Crippen molar-refractivity contribution in [2.24, 2.45) is 0 Å². The summed E-state index contributed by atoms with van der Waals surface area (Å²) < 4.78 is 38.3. The third-order valence-electron chi connectivity index (χ3n) is 3.54. The fourth-order valence-electron chi connectivity index (χ4n) is 2.28. The maximum absolute atomic E-state index is 12.8. The highest BCUT2D eigenvalue weighted by atomic mass is 19.4. The number of hydrogen-bond acceptors (Lipinski definition) is 3. The first-order chi connectivity index (χ1) is 12.4. The molecule has 1 aromatic carbocycles. The monoisotopic (exact) mass is 355 g/mol.